The fraction of sp³-hybridized carbons (Fsp3) is 0.308. The smallest absolute Gasteiger partial charge is 0.329 e. The highest BCUT2D eigenvalue weighted by molar-refractivity contribution is 6.20. The molecule has 1 fully saturated rings. The van der Waals surface area contributed by atoms with E-state index in [1.165, 1.54) is 0 Å². The van der Waals surface area contributed by atoms with Crippen molar-refractivity contribution in [3.63, 3.8) is 0 Å². The molecule has 0 saturated heterocycles. The molecule has 2 atom stereocenters. The largest absolute Gasteiger partial charge is 0.336 e. The Balaban J connectivity index is 1.82. The molecule has 2 amide bonds. The second-order valence-electron chi connectivity index (χ2n) is 4.68. The van der Waals surface area contributed by atoms with Gasteiger partial charge in [0.1, 0.15) is 0 Å². The van der Waals surface area contributed by atoms with Crippen molar-refractivity contribution in [3.8, 4) is 0 Å². The van der Waals surface area contributed by atoms with Crippen LogP contribution in [0, 0.1) is 11.8 Å². The van der Waals surface area contributed by atoms with Crippen LogP contribution in [0.4, 0.5) is 0 Å². The maximum atomic E-state index is 11.9. The first-order valence-electron chi connectivity index (χ1n) is 5.79. The number of hydrogen-bond donors (Lipinski definition) is 0. The number of hydrogen-bond acceptors (Lipinski definition) is 4. The van der Waals surface area contributed by atoms with Gasteiger partial charge in [-0.1, -0.05) is 24.1 Å². The van der Waals surface area contributed by atoms with Gasteiger partial charge in [0.25, 0.3) is 11.8 Å². The van der Waals surface area contributed by atoms with E-state index in [0.717, 1.165) is 6.42 Å². The van der Waals surface area contributed by atoms with Gasteiger partial charge >= 0.3 is 5.97 Å². The summed E-state index contributed by atoms with van der Waals surface area (Å²) in [7, 11) is 0. The van der Waals surface area contributed by atoms with E-state index < -0.39 is 17.8 Å². The van der Waals surface area contributed by atoms with Crippen molar-refractivity contribution in [2.45, 2.75) is 13.3 Å². The summed E-state index contributed by atoms with van der Waals surface area (Å²) in [5.74, 6) is -1.56. The molecule has 18 heavy (non-hydrogen) atoms. The number of nitrogens with zero attached hydrogens (tertiary/aromatic N) is 1. The number of fused-ring (bicyclic) bond motifs is 1. The fourth-order valence-corrected chi connectivity index (χ4v) is 2.06. The molecular weight excluding hydrogens is 234 g/mol. The molecule has 2 aliphatic rings. The molecule has 0 radical (unpaired) electrons. The SMILES string of the molecule is C[C@@H]1C[C@H]1C(=O)ON1C(=O)c2ccccc2C1=O. The maximum Gasteiger partial charge on any atom is 0.336 e. The van der Waals surface area contributed by atoms with Crippen molar-refractivity contribution in [2.75, 3.05) is 0 Å². The van der Waals surface area contributed by atoms with E-state index in [2.05, 4.69) is 0 Å². The van der Waals surface area contributed by atoms with E-state index in [0.29, 0.717) is 5.06 Å². The minimum absolute atomic E-state index is 0.186. The van der Waals surface area contributed by atoms with Crippen molar-refractivity contribution in [1.29, 1.82) is 0 Å². The van der Waals surface area contributed by atoms with Crippen molar-refractivity contribution >= 4 is 17.8 Å². The average molecular weight is 245 g/mol. The molecule has 1 aliphatic heterocycles. The topological polar surface area (TPSA) is 63.7 Å². The van der Waals surface area contributed by atoms with Crippen LogP contribution in [0.5, 0.6) is 0 Å². The molecule has 0 unspecified atom stereocenters. The normalized spacial score (nSPS) is 25.1. The first-order valence-corrected chi connectivity index (χ1v) is 5.79. The Bertz CT molecular complexity index is 531. The van der Waals surface area contributed by atoms with Crippen LogP contribution in [0.25, 0.3) is 0 Å². The Morgan fingerprint density at radius 3 is 2.17 bits per heavy atom. The van der Waals surface area contributed by atoms with E-state index in [-0.39, 0.29) is 23.0 Å². The minimum atomic E-state index is -0.572. The summed E-state index contributed by atoms with van der Waals surface area (Å²) in [6.07, 6.45) is 0.752. The Labute approximate surface area is 103 Å². The number of carbonyl (C=O) groups excluding carboxylic acids is 3. The maximum absolute atomic E-state index is 11.9. The Hall–Kier alpha value is -2.17. The number of imide groups is 1. The molecule has 0 aromatic heterocycles. The Morgan fingerprint density at radius 1 is 1.22 bits per heavy atom. The lowest BCUT2D eigenvalue weighted by molar-refractivity contribution is -0.170. The average Bonchev–Trinajstić information content (AvgIpc) is 3.06. The lowest BCUT2D eigenvalue weighted by Crippen LogP contribution is -2.33. The van der Waals surface area contributed by atoms with Gasteiger partial charge in [0.05, 0.1) is 17.0 Å². The van der Waals surface area contributed by atoms with Gasteiger partial charge in [0.15, 0.2) is 0 Å². The van der Waals surface area contributed by atoms with E-state index in [4.69, 9.17) is 4.84 Å². The summed E-state index contributed by atoms with van der Waals surface area (Å²) in [5.41, 5.74) is 0.554. The lowest BCUT2D eigenvalue weighted by atomic mass is 10.1. The molecule has 1 aromatic rings. The molecule has 0 N–H and O–H groups in total. The lowest BCUT2D eigenvalue weighted by Gasteiger charge is -2.12. The highest BCUT2D eigenvalue weighted by Gasteiger charge is 2.45. The van der Waals surface area contributed by atoms with Crippen LogP contribution >= 0.6 is 0 Å². The zero-order valence-electron chi connectivity index (χ0n) is 9.75. The first-order chi connectivity index (χ1) is 8.59. The number of carbonyl (C=O) groups is 3. The molecule has 1 aliphatic carbocycles. The molecule has 1 saturated carbocycles. The molecular formula is C13H11NO4. The van der Waals surface area contributed by atoms with Gasteiger partial charge in [-0.2, -0.15) is 0 Å². The Kier molecular flexibility index (Phi) is 2.23. The quantitative estimate of drug-likeness (QED) is 0.739. The number of benzene rings is 1. The molecule has 0 spiro atoms. The molecule has 5 nitrogen and oxygen atoms in total. The molecule has 1 aromatic carbocycles. The summed E-state index contributed by atoms with van der Waals surface area (Å²) in [5, 5.41) is 0.567. The third-order valence-corrected chi connectivity index (χ3v) is 3.35. The highest BCUT2D eigenvalue weighted by Crippen LogP contribution is 2.39. The number of rotatable bonds is 2. The number of amides is 2. The van der Waals surface area contributed by atoms with Crippen LogP contribution in [-0.4, -0.2) is 22.8 Å². The van der Waals surface area contributed by atoms with Crippen LogP contribution < -0.4 is 0 Å². The third kappa shape index (κ3) is 1.51. The van der Waals surface area contributed by atoms with Crippen LogP contribution in [-0.2, 0) is 9.63 Å². The van der Waals surface area contributed by atoms with Gasteiger partial charge in [0, 0.05) is 0 Å². The van der Waals surface area contributed by atoms with Crippen molar-refractivity contribution in [3.05, 3.63) is 35.4 Å². The van der Waals surface area contributed by atoms with Gasteiger partial charge in [-0.3, -0.25) is 9.59 Å². The van der Waals surface area contributed by atoms with Crippen molar-refractivity contribution < 1.29 is 19.2 Å². The zero-order chi connectivity index (χ0) is 12.9. The summed E-state index contributed by atoms with van der Waals surface area (Å²) >= 11 is 0. The summed E-state index contributed by atoms with van der Waals surface area (Å²) in [6, 6.07) is 6.42. The Morgan fingerprint density at radius 2 is 1.72 bits per heavy atom. The van der Waals surface area contributed by atoms with Crippen molar-refractivity contribution in [2.24, 2.45) is 11.8 Å². The predicted octanol–water partition coefficient (Wildman–Crippen LogP) is 1.40. The fourth-order valence-electron chi connectivity index (χ4n) is 2.06. The molecule has 5 heteroatoms. The number of hydroxylamine groups is 2. The van der Waals surface area contributed by atoms with Gasteiger partial charge in [-0.25, -0.2) is 4.79 Å². The van der Waals surface area contributed by atoms with Gasteiger partial charge in [0.2, 0.25) is 0 Å². The van der Waals surface area contributed by atoms with Crippen LogP contribution in [0.1, 0.15) is 34.1 Å². The third-order valence-electron chi connectivity index (χ3n) is 3.35. The van der Waals surface area contributed by atoms with E-state index in [1.54, 1.807) is 24.3 Å². The predicted molar refractivity (Wildman–Crippen MR) is 60.3 cm³/mol. The summed E-state index contributed by atoms with van der Waals surface area (Å²) < 4.78 is 0. The van der Waals surface area contributed by atoms with E-state index in [9.17, 15) is 14.4 Å². The molecule has 0 bridgehead atoms. The first kappa shape index (κ1) is 11.0. The van der Waals surface area contributed by atoms with Gasteiger partial charge < -0.3 is 4.84 Å². The van der Waals surface area contributed by atoms with Gasteiger partial charge in [-0.15, -0.1) is 0 Å². The molecule has 92 valence electrons. The highest BCUT2D eigenvalue weighted by atomic mass is 16.7. The zero-order valence-corrected chi connectivity index (χ0v) is 9.75. The second-order valence-corrected chi connectivity index (χ2v) is 4.68. The van der Waals surface area contributed by atoms with Crippen LogP contribution in [0.2, 0.25) is 0 Å². The summed E-state index contributed by atoms with van der Waals surface area (Å²) in [4.78, 5) is 40.3. The summed E-state index contributed by atoms with van der Waals surface area (Å²) in [6.45, 7) is 1.92. The van der Waals surface area contributed by atoms with Gasteiger partial charge in [-0.05, 0) is 24.5 Å². The van der Waals surface area contributed by atoms with E-state index >= 15 is 0 Å². The standard InChI is InChI=1S/C13H11NO4/c1-7-6-10(7)13(17)18-14-11(15)8-4-2-3-5-9(8)12(14)16/h2-5,7,10H,6H2,1H3/t7-,10-/m1/s1. The van der Waals surface area contributed by atoms with Crippen LogP contribution in [0.3, 0.4) is 0 Å². The minimum Gasteiger partial charge on any atom is -0.329 e. The van der Waals surface area contributed by atoms with E-state index in [1.807, 2.05) is 6.92 Å². The second kappa shape index (κ2) is 3.66. The monoisotopic (exact) mass is 245 g/mol. The molecule has 1 heterocycles. The molecule has 3 rings (SSSR count). The van der Waals surface area contributed by atoms with Crippen molar-refractivity contribution in [1.82, 2.24) is 5.06 Å². The van der Waals surface area contributed by atoms with Crippen LogP contribution in [0.15, 0.2) is 24.3 Å².